The summed E-state index contributed by atoms with van der Waals surface area (Å²) in [4.78, 5) is 13.6. The van der Waals surface area contributed by atoms with E-state index in [1.165, 1.54) is 13.1 Å². The minimum atomic E-state index is -0.00794. The molecular formula is C15H31N3O3. The number of carbonyl (C=O) groups is 1. The normalized spacial score (nSPS) is 22.6. The van der Waals surface area contributed by atoms with Gasteiger partial charge in [-0.25, -0.2) is 0 Å². The van der Waals surface area contributed by atoms with Gasteiger partial charge in [0.2, 0.25) is 5.91 Å². The molecule has 0 aliphatic carbocycles. The molecular weight excluding hydrogens is 270 g/mol. The Kier molecular flexibility index (Phi) is 9.58. The Morgan fingerprint density at radius 2 is 1.71 bits per heavy atom. The first-order valence-electron chi connectivity index (χ1n) is 7.92. The Bertz CT molecular complexity index is 279. The van der Waals surface area contributed by atoms with Crippen molar-refractivity contribution in [1.29, 1.82) is 0 Å². The first-order chi connectivity index (χ1) is 10.1. The maximum absolute atomic E-state index is 11.1. The van der Waals surface area contributed by atoms with Crippen LogP contribution in [0, 0.1) is 11.8 Å². The molecule has 6 nitrogen and oxygen atoms in total. The molecule has 1 rings (SSSR count). The number of nitrogens with one attached hydrogen (secondary N) is 2. The number of likely N-dealkylation sites (N-methyl/N-ethyl adjacent to an activating group) is 1. The van der Waals surface area contributed by atoms with Gasteiger partial charge < -0.3 is 25.0 Å². The summed E-state index contributed by atoms with van der Waals surface area (Å²) in [5, 5.41) is 5.55. The molecule has 1 fully saturated rings. The molecule has 2 atom stereocenters. The summed E-state index contributed by atoms with van der Waals surface area (Å²) in [5.74, 6) is 1.59. The van der Waals surface area contributed by atoms with Crippen molar-refractivity contribution in [3.63, 3.8) is 0 Å². The molecule has 0 saturated carbocycles. The van der Waals surface area contributed by atoms with E-state index in [0.717, 1.165) is 25.0 Å². The number of hydrogen-bond donors (Lipinski definition) is 2. The van der Waals surface area contributed by atoms with Crippen LogP contribution in [-0.4, -0.2) is 77.0 Å². The Hall–Kier alpha value is -0.690. The van der Waals surface area contributed by atoms with Crippen LogP contribution in [0.4, 0.5) is 0 Å². The summed E-state index contributed by atoms with van der Waals surface area (Å²) in [6.45, 7) is 11.4. The van der Waals surface area contributed by atoms with E-state index in [9.17, 15) is 4.79 Å². The van der Waals surface area contributed by atoms with Gasteiger partial charge in [0.15, 0.2) is 0 Å². The highest BCUT2D eigenvalue weighted by Gasteiger charge is 2.25. The van der Waals surface area contributed by atoms with Gasteiger partial charge in [-0.05, 0) is 18.9 Å². The lowest BCUT2D eigenvalue weighted by molar-refractivity contribution is -0.120. The third-order valence-electron chi connectivity index (χ3n) is 3.89. The Morgan fingerprint density at radius 1 is 1.10 bits per heavy atom. The van der Waals surface area contributed by atoms with Crippen molar-refractivity contribution in [2.75, 3.05) is 66.2 Å². The smallest absolute Gasteiger partial charge is 0.234 e. The van der Waals surface area contributed by atoms with Crippen LogP contribution in [0.1, 0.15) is 13.8 Å². The molecule has 0 aromatic carbocycles. The van der Waals surface area contributed by atoms with Gasteiger partial charge in [0.25, 0.3) is 0 Å². The molecule has 1 heterocycles. The fourth-order valence-corrected chi connectivity index (χ4v) is 2.43. The van der Waals surface area contributed by atoms with Gasteiger partial charge in [-0.1, -0.05) is 13.8 Å². The predicted octanol–water partition coefficient (Wildman–Crippen LogP) is -0.0570. The quantitative estimate of drug-likeness (QED) is 0.524. The number of rotatable bonds is 11. The summed E-state index contributed by atoms with van der Waals surface area (Å²) in [7, 11) is 1.75. The highest BCUT2D eigenvalue weighted by molar-refractivity contribution is 5.77. The topological polar surface area (TPSA) is 62.8 Å². The molecule has 6 heteroatoms. The van der Waals surface area contributed by atoms with Gasteiger partial charge in [-0.2, -0.15) is 0 Å². The Morgan fingerprint density at radius 3 is 2.33 bits per heavy atom. The average molecular weight is 301 g/mol. The van der Waals surface area contributed by atoms with E-state index >= 15 is 0 Å². The highest BCUT2D eigenvalue weighted by atomic mass is 16.5. The van der Waals surface area contributed by atoms with Gasteiger partial charge >= 0.3 is 0 Å². The van der Waals surface area contributed by atoms with Crippen LogP contribution in [0.3, 0.4) is 0 Å². The average Bonchev–Trinajstić information content (AvgIpc) is 2.76. The van der Waals surface area contributed by atoms with Crippen LogP contribution < -0.4 is 10.6 Å². The molecule has 1 amide bonds. The van der Waals surface area contributed by atoms with Gasteiger partial charge in [0, 0.05) is 26.2 Å². The Labute approximate surface area is 128 Å². The van der Waals surface area contributed by atoms with Gasteiger partial charge in [-0.3, -0.25) is 4.79 Å². The molecule has 1 aliphatic heterocycles. The second-order valence-electron chi connectivity index (χ2n) is 5.82. The number of ether oxygens (including phenoxy) is 2. The fourth-order valence-electron chi connectivity index (χ4n) is 2.43. The lowest BCUT2D eigenvalue weighted by Gasteiger charge is -2.15. The van der Waals surface area contributed by atoms with Crippen molar-refractivity contribution >= 4 is 5.91 Å². The zero-order chi connectivity index (χ0) is 15.5. The standard InChI is InChI=1S/C15H31N3O3/c1-13-11-18(12-14(13)2)5-7-21-9-8-20-6-4-17-15(19)10-16-3/h13-14,16H,4-12H2,1-3H3,(H,17,19). The largest absolute Gasteiger partial charge is 0.378 e. The molecule has 0 bridgehead atoms. The molecule has 0 aromatic rings. The van der Waals surface area contributed by atoms with Crippen molar-refractivity contribution in [2.45, 2.75) is 13.8 Å². The number of likely N-dealkylation sites (tertiary alicyclic amines) is 1. The number of hydrogen-bond acceptors (Lipinski definition) is 5. The third-order valence-corrected chi connectivity index (χ3v) is 3.89. The van der Waals surface area contributed by atoms with Crippen LogP contribution >= 0.6 is 0 Å². The molecule has 1 aliphatic rings. The second-order valence-corrected chi connectivity index (χ2v) is 5.82. The summed E-state index contributed by atoms with van der Waals surface area (Å²) < 4.78 is 11.0. The van der Waals surface area contributed by atoms with E-state index < -0.39 is 0 Å². The lowest BCUT2D eigenvalue weighted by Crippen LogP contribution is -2.34. The highest BCUT2D eigenvalue weighted by Crippen LogP contribution is 2.21. The molecule has 0 aromatic heterocycles. The van der Waals surface area contributed by atoms with Crippen molar-refractivity contribution in [2.24, 2.45) is 11.8 Å². The lowest BCUT2D eigenvalue weighted by atomic mass is 10.0. The maximum atomic E-state index is 11.1. The number of amides is 1. The Balaban J connectivity index is 1.82. The predicted molar refractivity (Wildman–Crippen MR) is 83.3 cm³/mol. The molecule has 124 valence electrons. The summed E-state index contributed by atoms with van der Waals surface area (Å²) in [6, 6.07) is 0. The molecule has 2 N–H and O–H groups in total. The molecule has 0 spiro atoms. The molecule has 1 saturated heterocycles. The van der Waals surface area contributed by atoms with Crippen molar-refractivity contribution in [1.82, 2.24) is 15.5 Å². The SMILES string of the molecule is CNCC(=O)NCCOCCOCCN1CC(C)C(C)C1. The minimum Gasteiger partial charge on any atom is -0.378 e. The van der Waals surface area contributed by atoms with E-state index in [-0.39, 0.29) is 5.91 Å². The van der Waals surface area contributed by atoms with Gasteiger partial charge in [-0.15, -0.1) is 0 Å². The van der Waals surface area contributed by atoms with E-state index in [1.807, 2.05) is 0 Å². The maximum Gasteiger partial charge on any atom is 0.234 e. The molecule has 21 heavy (non-hydrogen) atoms. The summed E-state index contributed by atoms with van der Waals surface area (Å²) in [5.41, 5.74) is 0. The first kappa shape index (κ1) is 18.4. The van der Waals surface area contributed by atoms with Crippen LogP contribution in [0.5, 0.6) is 0 Å². The second kappa shape index (κ2) is 11.0. The van der Waals surface area contributed by atoms with Crippen molar-refractivity contribution in [3.8, 4) is 0 Å². The fraction of sp³-hybridized carbons (Fsp3) is 0.933. The van der Waals surface area contributed by atoms with E-state index in [0.29, 0.717) is 32.9 Å². The first-order valence-corrected chi connectivity index (χ1v) is 7.92. The monoisotopic (exact) mass is 301 g/mol. The van der Waals surface area contributed by atoms with Crippen molar-refractivity contribution < 1.29 is 14.3 Å². The zero-order valence-corrected chi connectivity index (χ0v) is 13.7. The van der Waals surface area contributed by atoms with Crippen LogP contribution in [-0.2, 0) is 14.3 Å². The van der Waals surface area contributed by atoms with Crippen LogP contribution in [0.15, 0.2) is 0 Å². The van der Waals surface area contributed by atoms with Gasteiger partial charge in [0.05, 0.1) is 33.0 Å². The molecule has 0 radical (unpaired) electrons. The number of nitrogens with zero attached hydrogens (tertiary/aromatic N) is 1. The van der Waals surface area contributed by atoms with Crippen LogP contribution in [0.2, 0.25) is 0 Å². The van der Waals surface area contributed by atoms with Crippen molar-refractivity contribution in [3.05, 3.63) is 0 Å². The molecule has 2 unspecified atom stereocenters. The minimum absolute atomic E-state index is 0.00794. The van der Waals surface area contributed by atoms with E-state index in [4.69, 9.17) is 9.47 Å². The number of carbonyl (C=O) groups excluding carboxylic acids is 1. The van der Waals surface area contributed by atoms with E-state index in [2.05, 4.69) is 29.4 Å². The zero-order valence-electron chi connectivity index (χ0n) is 13.7. The van der Waals surface area contributed by atoms with Gasteiger partial charge in [0.1, 0.15) is 0 Å². The van der Waals surface area contributed by atoms with E-state index in [1.54, 1.807) is 7.05 Å². The summed E-state index contributed by atoms with van der Waals surface area (Å²) in [6.07, 6.45) is 0. The van der Waals surface area contributed by atoms with Crippen LogP contribution in [0.25, 0.3) is 0 Å². The third kappa shape index (κ3) is 8.36. The summed E-state index contributed by atoms with van der Waals surface area (Å²) >= 11 is 0.